The van der Waals surface area contributed by atoms with Crippen molar-refractivity contribution in [1.29, 1.82) is 0 Å². The zero-order valence-electron chi connectivity index (χ0n) is 9.96. The Kier molecular flexibility index (Phi) is 3.56. The van der Waals surface area contributed by atoms with Gasteiger partial charge in [0.25, 0.3) is 0 Å². The first-order chi connectivity index (χ1) is 7.49. The Balaban J connectivity index is 1.56. The van der Waals surface area contributed by atoms with Gasteiger partial charge in [0.2, 0.25) is 10.0 Å². The summed E-state index contributed by atoms with van der Waals surface area (Å²) in [5.74, 6) is 0.273. The Morgan fingerprint density at radius 1 is 1.25 bits per heavy atom. The molecule has 0 atom stereocenters. The zero-order chi connectivity index (χ0) is 11.6. The van der Waals surface area contributed by atoms with Crippen molar-refractivity contribution in [2.45, 2.75) is 57.0 Å². The van der Waals surface area contributed by atoms with Crippen molar-refractivity contribution in [1.82, 2.24) is 10.0 Å². The van der Waals surface area contributed by atoms with Crippen LogP contribution in [0.15, 0.2) is 0 Å². The summed E-state index contributed by atoms with van der Waals surface area (Å²) in [7, 11) is -3.04. The molecule has 0 spiro atoms. The third-order valence-corrected chi connectivity index (χ3v) is 4.88. The second-order valence-electron chi connectivity index (χ2n) is 5.42. The van der Waals surface area contributed by atoms with Crippen LogP contribution < -0.4 is 10.0 Å². The van der Waals surface area contributed by atoms with Gasteiger partial charge in [-0.1, -0.05) is 0 Å². The Morgan fingerprint density at radius 3 is 2.50 bits per heavy atom. The number of hydrogen-bond donors (Lipinski definition) is 2. The van der Waals surface area contributed by atoms with Gasteiger partial charge < -0.3 is 5.32 Å². The average Bonchev–Trinajstić information content (AvgIpc) is 3.04. The van der Waals surface area contributed by atoms with E-state index in [0.29, 0.717) is 0 Å². The summed E-state index contributed by atoms with van der Waals surface area (Å²) in [6.07, 6.45) is 6.25. The van der Waals surface area contributed by atoms with E-state index in [1.165, 1.54) is 12.8 Å². The Bertz CT molecular complexity index is 332. The molecule has 2 N–H and O–H groups in total. The monoisotopic (exact) mass is 246 g/mol. The van der Waals surface area contributed by atoms with Crippen molar-refractivity contribution >= 4 is 10.0 Å². The summed E-state index contributed by atoms with van der Waals surface area (Å²) in [5.41, 5.74) is -0.120. The lowest BCUT2D eigenvalue weighted by Gasteiger charge is -2.11. The van der Waals surface area contributed by atoms with Crippen molar-refractivity contribution in [2.75, 3.05) is 12.3 Å². The molecule has 2 rings (SSSR count). The van der Waals surface area contributed by atoms with Crippen LogP contribution >= 0.6 is 0 Å². The molecule has 0 unspecified atom stereocenters. The number of hydrogen-bond acceptors (Lipinski definition) is 3. The number of unbranched alkanes of at least 4 members (excludes halogenated alkanes) is 1. The van der Waals surface area contributed by atoms with Crippen molar-refractivity contribution in [2.24, 2.45) is 0 Å². The van der Waals surface area contributed by atoms with E-state index < -0.39 is 10.0 Å². The molecule has 16 heavy (non-hydrogen) atoms. The van der Waals surface area contributed by atoms with E-state index in [0.717, 1.165) is 38.3 Å². The minimum absolute atomic E-state index is 0.120. The van der Waals surface area contributed by atoms with Crippen LogP contribution in [0.4, 0.5) is 0 Å². The molecule has 0 aromatic heterocycles. The van der Waals surface area contributed by atoms with E-state index in [-0.39, 0.29) is 11.3 Å². The van der Waals surface area contributed by atoms with Crippen molar-refractivity contribution < 1.29 is 8.42 Å². The lowest BCUT2D eigenvalue weighted by molar-refractivity contribution is 0.552. The van der Waals surface area contributed by atoms with Crippen LogP contribution in [-0.4, -0.2) is 32.3 Å². The highest BCUT2D eigenvalue weighted by Gasteiger charge is 2.40. The minimum atomic E-state index is -3.04. The van der Waals surface area contributed by atoms with Crippen molar-refractivity contribution in [3.8, 4) is 0 Å². The predicted molar refractivity (Wildman–Crippen MR) is 64.8 cm³/mol. The summed E-state index contributed by atoms with van der Waals surface area (Å²) in [4.78, 5) is 0. The number of rotatable bonds is 8. The predicted octanol–water partition coefficient (Wildman–Crippen LogP) is 0.990. The lowest BCUT2D eigenvalue weighted by atomic mass is 10.3. The van der Waals surface area contributed by atoms with E-state index >= 15 is 0 Å². The second-order valence-corrected chi connectivity index (χ2v) is 7.26. The largest absolute Gasteiger partial charge is 0.314 e. The quantitative estimate of drug-likeness (QED) is 0.628. The van der Waals surface area contributed by atoms with Gasteiger partial charge in [-0.3, -0.25) is 0 Å². The molecule has 2 fully saturated rings. The molecule has 2 saturated carbocycles. The maximum Gasteiger partial charge on any atom is 0.212 e. The first-order valence-corrected chi connectivity index (χ1v) is 7.89. The number of nitrogens with one attached hydrogen (secondary N) is 2. The molecular weight excluding hydrogens is 224 g/mol. The van der Waals surface area contributed by atoms with Gasteiger partial charge in [-0.05, 0) is 52.0 Å². The van der Waals surface area contributed by atoms with Crippen molar-refractivity contribution in [3.05, 3.63) is 0 Å². The smallest absolute Gasteiger partial charge is 0.212 e. The van der Waals surface area contributed by atoms with Gasteiger partial charge in [-0.15, -0.1) is 0 Å². The van der Waals surface area contributed by atoms with E-state index in [2.05, 4.69) is 10.0 Å². The molecule has 0 amide bonds. The first-order valence-electron chi connectivity index (χ1n) is 6.24. The van der Waals surface area contributed by atoms with Gasteiger partial charge in [-0.25, -0.2) is 13.1 Å². The zero-order valence-corrected chi connectivity index (χ0v) is 10.8. The Labute approximate surface area is 98.2 Å². The third kappa shape index (κ3) is 4.39. The van der Waals surface area contributed by atoms with E-state index in [1.54, 1.807) is 0 Å². The minimum Gasteiger partial charge on any atom is -0.314 e. The van der Waals surface area contributed by atoms with Crippen LogP contribution in [0.1, 0.15) is 45.4 Å². The van der Waals surface area contributed by atoms with E-state index in [1.807, 2.05) is 6.92 Å². The van der Waals surface area contributed by atoms with Gasteiger partial charge in [0.05, 0.1) is 5.75 Å². The molecule has 0 aromatic carbocycles. The van der Waals surface area contributed by atoms with Gasteiger partial charge in [-0.2, -0.15) is 0 Å². The normalized spacial score (nSPS) is 23.3. The molecule has 0 aliphatic heterocycles. The van der Waals surface area contributed by atoms with Crippen LogP contribution in [0.3, 0.4) is 0 Å². The maximum absolute atomic E-state index is 11.7. The molecule has 5 heteroatoms. The molecule has 0 radical (unpaired) electrons. The molecular formula is C11H22N2O2S. The summed E-state index contributed by atoms with van der Waals surface area (Å²) >= 11 is 0. The van der Waals surface area contributed by atoms with Crippen LogP contribution in [0.2, 0.25) is 0 Å². The first kappa shape index (κ1) is 12.3. The molecule has 2 aliphatic rings. The van der Waals surface area contributed by atoms with Crippen LogP contribution in [0.5, 0.6) is 0 Å². The summed E-state index contributed by atoms with van der Waals surface area (Å²) < 4.78 is 26.1. The highest BCUT2D eigenvalue weighted by molar-refractivity contribution is 7.89. The van der Waals surface area contributed by atoms with Crippen molar-refractivity contribution in [3.63, 3.8) is 0 Å². The van der Waals surface area contributed by atoms with E-state index in [9.17, 15) is 8.42 Å². The fourth-order valence-corrected chi connectivity index (χ4v) is 3.37. The fourth-order valence-electron chi connectivity index (χ4n) is 1.73. The topological polar surface area (TPSA) is 58.2 Å². The van der Waals surface area contributed by atoms with Crippen LogP contribution in [-0.2, 0) is 10.0 Å². The molecule has 0 aromatic rings. The van der Waals surface area contributed by atoms with Crippen LogP contribution in [0.25, 0.3) is 0 Å². The molecule has 0 heterocycles. The fraction of sp³-hybridized carbons (Fsp3) is 1.00. The SMILES string of the molecule is CC1(NS(=O)(=O)CCCCNC2CC2)CC1. The number of sulfonamides is 1. The van der Waals surface area contributed by atoms with Gasteiger partial charge in [0.1, 0.15) is 0 Å². The van der Waals surface area contributed by atoms with Gasteiger partial charge in [0, 0.05) is 11.6 Å². The highest BCUT2D eigenvalue weighted by Crippen LogP contribution is 2.35. The maximum atomic E-state index is 11.7. The van der Waals surface area contributed by atoms with Gasteiger partial charge >= 0.3 is 0 Å². The molecule has 2 aliphatic carbocycles. The average molecular weight is 246 g/mol. The van der Waals surface area contributed by atoms with Gasteiger partial charge in [0.15, 0.2) is 0 Å². The Morgan fingerprint density at radius 2 is 1.94 bits per heavy atom. The molecule has 94 valence electrons. The summed E-state index contributed by atoms with van der Waals surface area (Å²) in [6.45, 7) is 2.93. The summed E-state index contributed by atoms with van der Waals surface area (Å²) in [5, 5.41) is 3.39. The van der Waals surface area contributed by atoms with E-state index in [4.69, 9.17) is 0 Å². The second kappa shape index (κ2) is 4.63. The molecule has 0 bridgehead atoms. The highest BCUT2D eigenvalue weighted by atomic mass is 32.2. The standard InChI is InChI=1S/C11H22N2O2S/c1-11(6-7-11)13-16(14,15)9-3-2-8-12-10-4-5-10/h10,12-13H,2-9H2,1H3. The Hall–Kier alpha value is -0.130. The molecule has 4 nitrogen and oxygen atoms in total. The summed E-state index contributed by atoms with van der Waals surface area (Å²) in [6, 6.07) is 0.722. The third-order valence-electron chi connectivity index (χ3n) is 3.25. The molecule has 0 saturated heterocycles. The lowest BCUT2D eigenvalue weighted by Crippen LogP contribution is -2.36. The van der Waals surface area contributed by atoms with Crippen LogP contribution in [0, 0.1) is 0 Å².